The van der Waals surface area contributed by atoms with Crippen LogP contribution in [0.4, 0.5) is 11.4 Å². The number of rotatable bonds is 7. The summed E-state index contributed by atoms with van der Waals surface area (Å²) in [6.07, 6.45) is 0.00131. The number of anilines is 1. The van der Waals surface area contributed by atoms with Crippen LogP contribution in [0.2, 0.25) is 0 Å². The number of non-ortho nitro benzene ring substituents is 1. The Morgan fingerprint density at radius 2 is 1.78 bits per heavy atom. The smallest absolute Gasteiger partial charge is 0.269 e. The van der Waals surface area contributed by atoms with Crippen LogP contribution in [-0.4, -0.2) is 22.4 Å². The van der Waals surface area contributed by atoms with Gasteiger partial charge >= 0.3 is 0 Å². The summed E-state index contributed by atoms with van der Waals surface area (Å²) in [4.78, 5) is 33.9. The molecule has 0 aromatic heterocycles. The van der Waals surface area contributed by atoms with Crippen molar-refractivity contribution in [1.29, 1.82) is 0 Å². The number of nitrogens with one attached hydrogen (secondary N) is 2. The van der Waals surface area contributed by atoms with Crippen LogP contribution in [0.1, 0.15) is 25.3 Å². The molecule has 0 unspecified atom stereocenters. The molecule has 2 N–H and O–H groups in total. The second kappa shape index (κ2) is 9.58. The fourth-order valence-corrected chi connectivity index (χ4v) is 2.51. The number of nitrogens with zero attached hydrogens (tertiary/aromatic N) is 2. The molecule has 0 aliphatic heterocycles. The number of nitro groups is 1. The molecule has 140 valence electrons. The van der Waals surface area contributed by atoms with Crippen molar-refractivity contribution in [2.24, 2.45) is 5.10 Å². The van der Waals surface area contributed by atoms with Gasteiger partial charge in [0.15, 0.2) is 0 Å². The molecule has 0 fully saturated rings. The number of nitro benzene ring substituents is 1. The Bertz CT molecular complexity index is 881. The van der Waals surface area contributed by atoms with Crippen LogP contribution in [0.15, 0.2) is 58.1 Å². The van der Waals surface area contributed by atoms with Gasteiger partial charge < -0.3 is 5.32 Å². The lowest BCUT2D eigenvalue weighted by Crippen LogP contribution is -2.21. The Kier molecular flexibility index (Phi) is 7.18. The molecule has 2 aromatic rings. The number of carbonyl (C=O) groups is 2. The largest absolute Gasteiger partial charge is 0.326 e. The molecule has 0 saturated heterocycles. The predicted octanol–water partition coefficient (Wildman–Crippen LogP) is 3.62. The van der Waals surface area contributed by atoms with Crippen LogP contribution < -0.4 is 10.7 Å². The number of hydrogen-bond acceptors (Lipinski definition) is 5. The maximum atomic E-state index is 11.9. The zero-order chi connectivity index (χ0) is 19.8. The number of amides is 2. The number of carbonyl (C=O) groups excluding carboxylic acids is 2. The van der Waals surface area contributed by atoms with E-state index in [0.29, 0.717) is 17.0 Å². The molecule has 0 spiro atoms. The van der Waals surface area contributed by atoms with Crippen molar-refractivity contribution in [3.8, 4) is 0 Å². The maximum Gasteiger partial charge on any atom is 0.269 e. The summed E-state index contributed by atoms with van der Waals surface area (Å²) >= 11 is 3.32. The van der Waals surface area contributed by atoms with E-state index in [1.54, 1.807) is 37.3 Å². The van der Waals surface area contributed by atoms with Gasteiger partial charge in [0.25, 0.3) is 5.69 Å². The molecule has 0 saturated carbocycles. The molecular formula is C18H17BrN4O4. The van der Waals surface area contributed by atoms with Crippen molar-refractivity contribution >= 4 is 44.8 Å². The minimum absolute atomic E-state index is 0.0170. The van der Waals surface area contributed by atoms with Crippen molar-refractivity contribution in [2.45, 2.75) is 19.8 Å². The Morgan fingerprint density at radius 3 is 2.41 bits per heavy atom. The van der Waals surface area contributed by atoms with E-state index in [-0.39, 0.29) is 24.4 Å². The van der Waals surface area contributed by atoms with Crippen molar-refractivity contribution in [2.75, 3.05) is 5.32 Å². The van der Waals surface area contributed by atoms with Gasteiger partial charge in [-0.3, -0.25) is 19.7 Å². The van der Waals surface area contributed by atoms with Gasteiger partial charge in [-0.05, 0) is 42.8 Å². The van der Waals surface area contributed by atoms with Gasteiger partial charge in [0.1, 0.15) is 0 Å². The molecule has 2 aromatic carbocycles. The SMILES string of the molecule is CC(=NNC(=O)CCC(=O)Nc1cccc(Br)c1)c1ccc([N+](=O)[O-])cc1. The fraction of sp³-hybridized carbons (Fsp3) is 0.167. The van der Waals surface area contributed by atoms with Crippen molar-refractivity contribution in [3.63, 3.8) is 0 Å². The van der Waals surface area contributed by atoms with Gasteiger partial charge in [0.2, 0.25) is 11.8 Å². The molecule has 0 heterocycles. The van der Waals surface area contributed by atoms with E-state index in [2.05, 4.69) is 31.8 Å². The second-order valence-corrected chi connectivity index (χ2v) is 6.51. The highest BCUT2D eigenvalue weighted by molar-refractivity contribution is 9.10. The third-order valence-corrected chi connectivity index (χ3v) is 4.02. The molecule has 8 nitrogen and oxygen atoms in total. The molecule has 0 atom stereocenters. The zero-order valence-electron chi connectivity index (χ0n) is 14.4. The lowest BCUT2D eigenvalue weighted by Gasteiger charge is -2.06. The topological polar surface area (TPSA) is 114 Å². The molecular weight excluding hydrogens is 416 g/mol. The number of halogens is 1. The summed E-state index contributed by atoms with van der Waals surface area (Å²) in [5.41, 5.74) is 4.14. The van der Waals surface area contributed by atoms with Gasteiger partial charge in [-0.15, -0.1) is 0 Å². The summed E-state index contributed by atoms with van der Waals surface area (Å²) < 4.78 is 0.842. The summed E-state index contributed by atoms with van der Waals surface area (Å²) in [6.45, 7) is 1.67. The first-order valence-corrected chi connectivity index (χ1v) is 8.78. The van der Waals surface area contributed by atoms with Crippen LogP contribution in [0.3, 0.4) is 0 Å². The number of hydrazone groups is 1. The Morgan fingerprint density at radius 1 is 1.11 bits per heavy atom. The third kappa shape index (κ3) is 6.63. The van der Waals surface area contributed by atoms with Gasteiger partial charge in [-0.25, -0.2) is 5.43 Å². The second-order valence-electron chi connectivity index (χ2n) is 5.59. The molecule has 27 heavy (non-hydrogen) atoms. The molecule has 0 aliphatic rings. The summed E-state index contributed by atoms with van der Waals surface area (Å²) in [7, 11) is 0. The van der Waals surface area contributed by atoms with Crippen LogP contribution in [0.5, 0.6) is 0 Å². The van der Waals surface area contributed by atoms with E-state index in [1.807, 2.05) is 6.07 Å². The average Bonchev–Trinajstić information content (AvgIpc) is 2.64. The van der Waals surface area contributed by atoms with Gasteiger partial charge in [0.05, 0.1) is 10.6 Å². The monoisotopic (exact) mass is 432 g/mol. The van der Waals surface area contributed by atoms with Crippen molar-refractivity contribution in [1.82, 2.24) is 5.43 Å². The first-order valence-electron chi connectivity index (χ1n) is 7.98. The highest BCUT2D eigenvalue weighted by Gasteiger charge is 2.08. The highest BCUT2D eigenvalue weighted by Crippen LogP contribution is 2.16. The van der Waals surface area contributed by atoms with Crippen LogP contribution in [0, 0.1) is 10.1 Å². The first-order chi connectivity index (χ1) is 12.8. The third-order valence-electron chi connectivity index (χ3n) is 3.53. The Labute approximate surface area is 163 Å². The van der Waals surface area contributed by atoms with E-state index >= 15 is 0 Å². The van der Waals surface area contributed by atoms with E-state index < -0.39 is 10.8 Å². The van der Waals surface area contributed by atoms with Gasteiger partial charge in [-0.2, -0.15) is 5.10 Å². The van der Waals surface area contributed by atoms with E-state index in [0.717, 1.165) is 4.47 Å². The fourth-order valence-electron chi connectivity index (χ4n) is 2.11. The number of hydrogen-bond donors (Lipinski definition) is 2. The quantitative estimate of drug-likeness (QED) is 0.394. The number of benzene rings is 2. The predicted molar refractivity (Wildman–Crippen MR) is 105 cm³/mol. The highest BCUT2D eigenvalue weighted by atomic mass is 79.9. The van der Waals surface area contributed by atoms with Crippen molar-refractivity contribution < 1.29 is 14.5 Å². The normalized spacial score (nSPS) is 11.0. The molecule has 0 aliphatic carbocycles. The molecule has 0 radical (unpaired) electrons. The van der Waals surface area contributed by atoms with Crippen LogP contribution >= 0.6 is 15.9 Å². The molecule has 2 amide bonds. The van der Waals surface area contributed by atoms with Crippen LogP contribution in [-0.2, 0) is 9.59 Å². The first kappa shape index (κ1) is 20.2. The van der Waals surface area contributed by atoms with E-state index in [1.165, 1.54) is 12.1 Å². The summed E-state index contributed by atoms with van der Waals surface area (Å²) in [5, 5.41) is 17.3. The zero-order valence-corrected chi connectivity index (χ0v) is 16.0. The minimum atomic E-state index is -0.489. The molecule has 2 rings (SSSR count). The lowest BCUT2D eigenvalue weighted by molar-refractivity contribution is -0.384. The maximum absolute atomic E-state index is 11.9. The van der Waals surface area contributed by atoms with E-state index in [9.17, 15) is 19.7 Å². The molecule has 9 heteroatoms. The summed E-state index contributed by atoms with van der Waals surface area (Å²) in [6, 6.07) is 13.0. The Hall–Kier alpha value is -3.07. The standard InChI is InChI=1S/C18H17BrN4O4/c1-12(13-5-7-16(8-6-13)23(26)27)21-22-18(25)10-9-17(24)20-15-4-2-3-14(19)11-15/h2-8,11H,9-10H2,1H3,(H,20,24)(H,22,25). The lowest BCUT2D eigenvalue weighted by atomic mass is 10.1. The van der Waals surface area contributed by atoms with Crippen molar-refractivity contribution in [3.05, 3.63) is 68.7 Å². The average molecular weight is 433 g/mol. The Balaban J connectivity index is 1.81. The minimum Gasteiger partial charge on any atom is -0.326 e. The van der Waals surface area contributed by atoms with E-state index in [4.69, 9.17) is 0 Å². The van der Waals surface area contributed by atoms with Crippen LogP contribution in [0.25, 0.3) is 0 Å². The molecule has 0 bridgehead atoms. The van der Waals surface area contributed by atoms with Gasteiger partial charge in [0, 0.05) is 35.1 Å². The summed E-state index contributed by atoms with van der Waals surface area (Å²) in [5.74, 6) is -0.681. The van der Waals surface area contributed by atoms with Gasteiger partial charge in [-0.1, -0.05) is 22.0 Å².